The number of likely N-dealkylation sites (N-methyl/N-ethyl adjacent to an activating group) is 1. The third-order valence-electron chi connectivity index (χ3n) is 3.15. The number of nitriles is 1. The minimum Gasteiger partial charge on any atom is -0.383 e. The molecule has 7 nitrogen and oxygen atoms in total. The van der Waals surface area contributed by atoms with Crippen molar-refractivity contribution < 1.29 is 4.74 Å². The van der Waals surface area contributed by atoms with E-state index in [0.717, 1.165) is 19.6 Å². The van der Waals surface area contributed by atoms with Crippen molar-refractivity contribution >= 4 is 11.6 Å². The fourth-order valence-corrected chi connectivity index (χ4v) is 2.03. The van der Waals surface area contributed by atoms with E-state index in [1.165, 1.54) is 0 Å². The third kappa shape index (κ3) is 2.97. The second-order valence-corrected chi connectivity index (χ2v) is 4.82. The first-order chi connectivity index (χ1) is 9.13. The first-order valence-corrected chi connectivity index (χ1v) is 6.37. The van der Waals surface area contributed by atoms with Crippen LogP contribution in [0.5, 0.6) is 0 Å². The van der Waals surface area contributed by atoms with Crippen LogP contribution in [0.3, 0.4) is 0 Å². The van der Waals surface area contributed by atoms with E-state index < -0.39 is 0 Å². The molecule has 1 saturated heterocycles. The summed E-state index contributed by atoms with van der Waals surface area (Å²) in [6.07, 6.45) is 0. The molecule has 2 N–H and O–H groups in total. The fraction of sp³-hybridized carbons (Fsp3) is 0.667. The number of ether oxygens (including phenoxy) is 1. The number of aromatic nitrogens is 2. The van der Waals surface area contributed by atoms with E-state index in [4.69, 9.17) is 10.5 Å². The number of anilines is 2. The van der Waals surface area contributed by atoms with Crippen LogP contribution in [0.25, 0.3) is 0 Å². The predicted octanol–water partition coefficient (Wildman–Crippen LogP) is -0.265. The molecule has 2 rings (SSSR count). The Hall–Kier alpha value is -1.78. The first-order valence-electron chi connectivity index (χ1n) is 6.37. The molecular formula is C12H20N6O. The number of hydrogen-bond acceptors (Lipinski definition) is 6. The number of morpholine rings is 1. The van der Waals surface area contributed by atoms with Crippen molar-refractivity contribution in [3.8, 4) is 6.07 Å². The van der Waals surface area contributed by atoms with E-state index in [-0.39, 0.29) is 0 Å². The molecule has 0 amide bonds. The molecule has 0 unspecified atom stereocenters. The molecule has 19 heavy (non-hydrogen) atoms. The zero-order valence-electron chi connectivity index (χ0n) is 11.5. The maximum atomic E-state index is 9.27. The Balaban J connectivity index is 2.22. The Morgan fingerprint density at radius 1 is 1.42 bits per heavy atom. The SMILES string of the molecule is CN(C)CCn1nc(N2CCOCC2)c(C#N)c1N. The van der Waals surface area contributed by atoms with Crippen LogP contribution in [-0.2, 0) is 11.3 Å². The second-order valence-electron chi connectivity index (χ2n) is 4.82. The van der Waals surface area contributed by atoms with Gasteiger partial charge < -0.3 is 20.3 Å². The van der Waals surface area contributed by atoms with Gasteiger partial charge in [0.25, 0.3) is 0 Å². The quantitative estimate of drug-likeness (QED) is 0.806. The Morgan fingerprint density at radius 2 is 2.11 bits per heavy atom. The van der Waals surface area contributed by atoms with Gasteiger partial charge in [-0.15, -0.1) is 0 Å². The van der Waals surface area contributed by atoms with Crippen LogP contribution in [0.15, 0.2) is 0 Å². The summed E-state index contributed by atoms with van der Waals surface area (Å²) in [5, 5.41) is 13.8. The lowest BCUT2D eigenvalue weighted by Gasteiger charge is -2.26. The van der Waals surface area contributed by atoms with Gasteiger partial charge >= 0.3 is 0 Å². The summed E-state index contributed by atoms with van der Waals surface area (Å²) < 4.78 is 7.03. The van der Waals surface area contributed by atoms with Gasteiger partial charge in [0.1, 0.15) is 17.5 Å². The Bertz CT molecular complexity index is 469. The summed E-state index contributed by atoms with van der Waals surface area (Å²) >= 11 is 0. The number of nitrogens with zero attached hydrogens (tertiary/aromatic N) is 5. The van der Waals surface area contributed by atoms with Gasteiger partial charge in [-0.05, 0) is 14.1 Å². The second kappa shape index (κ2) is 5.91. The molecule has 0 radical (unpaired) electrons. The van der Waals surface area contributed by atoms with Gasteiger partial charge in [0.15, 0.2) is 5.82 Å². The Kier molecular flexibility index (Phi) is 4.24. The summed E-state index contributed by atoms with van der Waals surface area (Å²) in [7, 11) is 3.99. The van der Waals surface area contributed by atoms with Gasteiger partial charge in [-0.25, -0.2) is 4.68 Å². The molecular weight excluding hydrogens is 244 g/mol. The first kappa shape index (κ1) is 13.6. The maximum absolute atomic E-state index is 9.27. The molecule has 0 spiro atoms. The van der Waals surface area contributed by atoms with Gasteiger partial charge in [0.05, 0.1) is 19.8 Å². The predicted molar refractivity (Wildman–Crippen MR) is 72.9 cm³/mol. The van der Waals surface area contributed by atoms with Crippen LogP contribution in [0.4, 0.5) is 11.6 Å². The van der Waals surface area contributed by atoms with E-state index in [1.54, 1.807) is 4.68 Å². The van der Waals surface area contributed by atoms with Crippen molar-refractivity contribution in [2.45, 2.75) is 6.54 Å². The van der Waals surface area contributed by atoms with Crippen LogP contribution < -0.4 is 10.6 Å². The molecule has 0 saturated carbocycles. The molecule has 1 aliphatic heterocycles. The van der Waals surface area contributed by atoms with Crippen molar-refractivity contribution in [2.75, 3.05) is 57.6 Å². The van der Waals surface area contributed by atoms with Gasteiger partial charge in [-0.3, -0.25) is 0 Å². The van der Waals surface area contributed by atoms with Crippen LogP contribution >= 0.6 is 0 Å². The lowest BCUT2D eigenvalue weighted by atomic mass is 10.3. The maximum Gasteiger partial charge on any atom is 0.171 e. The number of hydrogen-bond donors (Lipinski definition) is 1. The largest absolute Gasteiger partial charge is 0.383 e. The summed E-state index contributed by atoms with van der Waals surface area (Å²) in [5.41, 5.74) is 6.48. The average Bonchev–Trinajstić information content (AvgIpc) is 2.74. The molecule has 1 aliphatic rings. The highest BCUT2D eigenvalue weighted by molar-refractivity contribution is 5.65. The lowest BCUT2D eigenvalue weighted by molar-refractivity contribution is 0.122. The number of rotatable bonds is 4. The third-order valence-corrected chi connectivity index (χ3v) is 3.15. The zero-order valence-corrected chi connectivity index (χ0v) is 11.5. The highest BCUT2D eigenvalue weighted by atomic mass is 16.5. The van der Waals surface area contributed by atoms with E-state index >= 15 is 0 Å². The molecule has 0 aliphatic carbocycles. The van der Waals surface area contributed by atoms with Crippen molar-refractivity contribution in [2.24, 2.45) is 0 Å². The molecule has 7 heteroatoms. The minimum atomic E-state index is 0.450. The summed E-state index contributed by atoms with van der Waals surface area (Å²) in [4.78, 5) is 4.12. The minimum absolute atomic E-state index is 0.450. The summed E-state index contributed by atoms with van der Waals surface area (Å²) in [5.74, 6) is 1.13. The van der Waals surface area contributed by atoms with Crippen molar-refractivity contribution in [3.63, 3.8) is 0 Å². The Morgan fingerprint density at radius 3 is 2.68 bits per heavy atom. The van der Waals surface area contributed by atoms with E-state index in [1.807, 2.05) is 14.1 Å². The van der Waals surface area contributed by atoms with E-state index in [9.17, 15) is 5.26 Å². The van der Waals surface area contributed by atoms with Crippen LogP contribution in [0.1, 0.15) is 5.56 Å². The number of nitrogens with two attached hydrogens (primary N) is 1. The van der Waals surface area contributed by atoms with Gasteiger partial charge in [-0.1, -0.05) is 0 Å². The number of nitrogen functional groups attached to an aromatic ring is 1. The van der Waals surface area contributed by atoms with Gasteiger partial charge in [0.2, 0.25) is 0 Å². The standard InChI is InChI=1S/C12H20N6O/c1-16(2)3-4-18-11(14)10(9-13)12(15-18)17-5-7-19-8-6-17/h3-8,14H2,1-2H3. The molecule has 104 valence electrons. The van der Waals surface area contributed by atoms with Crippen LogP contribution in [0, 0.1) is 11.3 Å². The van der Waals surface area contributed by atoms with Gasteiger partial charge in [-0.2, -0.15) is 10.4 Å². The highest BCUT2D eigenvalue weighted by Crippen LogP contribution is 2.24. The monoisotopic (exact) mass is 264 g/mol. The molecule has 0 bridgehead atoms. The van der Waals surface area contributed by atoms with E-state index in [0.29, 0.717) is 37.0 Å². The molecule has 0 atom stereocenters. The van der Waals surface area contributed by atoms with Gasteiger partial charge in [0, 0.05) is 19.6 Å². The van der Waals surface area contributed by atoms with Crippen LogP contribution in [-0.4, -0.2) is 61.6 Å². The highest BCUT2D eigenvalue weighted by Gasteiger charge is 2.22. The Labute approximate surface area is 113 Å². The molecule has 1 fully saturated rings. The topological polar surface area (TPSA) is 83.3 Å². The smallest absolute Gasteiger partial charge is 0.171 e. The fourth-order valence-electron chi connectivity index (χ4n) is 2.03. The summed E-state index contributed by atoms with van der Waals surface area (Å²) in [6, 6.07) is 2.16. The normalized spacial score (nSPS) is 15.8. The summed E-state index contributed by atoms with van der Waals surface area (Å²) in [6.45, 7) is 4.33. The van der Waals surface area contributed by atoms with Crippen molar-refractivity contribution in [1.29, 1.82) is 5.26 Å². The molecule has 2 heterocycles. The molecule has 1 aromatic heterocycles. The molecule has 1 aromatic rings. The average molecular weight is 264 g/mol. The molecule has 0 aromatic carbocycles. The van der Waals surface area contributed by atoms with Crippen molar-refractivity contribution in [3.05, 3.63) is 5.56 Å². The van der Waals surface area contributed by atoms with Crippen molar-refractivity contribution in [1.82, 2.24) is 14.7 Å². The van der Waals surface area contributed by atoms with E-state index in [2.05, 4.69) is 21.0 Å². The zero-order chi connectivity index (χ0) is 13.8. The lowest BCUT2D eigenvalue weighted by Crippen LogP contribution is -2.37. The van der Waals surface area contributed by atoms with Crippen LogP contribution in [0.2, 0.25) is 0 Å².